The van der Waals surface area contributed by atoms with Crippen LogP contribution < -0.4 is 0 Å². The van der Waals surface area contributed by atoms with Gasteiger partial charge in [-0.15, -0.1) is 0 Å². The number of carboxylic acid groups (broad SMARTS) is 1. The van der Waals surface area contributed by atoms with Crippen molar-refractivity contribution in [2.75, 3.05) is 0 Å². The second-order valence-corrected chi connectivity index (χ2v) is 4.23. The molecule has 0 saturated heterocycles. The van der Waals surface area contributed by atoms with Crippen molar-refractivity contribution < 1.29 is 9.90 Å². The molecule has 0 atom stereocenters. The zero-order chi connectivity index (χ0) is 12.0. The van der Waals surface area contributed by atoms with Gasteiger partial charge in [0.2, 0.25) is 0 Å². The molecule has 1 heterocycles. The van der Waals surface area contributed by atoms with E-state index in [1.807, 2.05) is 24.5 Å². The fourth-order valence-electron chi connectivity index (χ4n) is 1.17. The quantitative estimate of drug-likeness (QED) is 0.636. The van der Waals surface area contributed by atoms with E-state index in [0.717, 1.165) is 5.57 Å². The number of hydrogen-bond donors (Lipinski definition) is 1. The largest absolute Gasteiger partial charge is 0.478 e. The summed E-state index contributed by atoms with van der Waals surface area (Å²) in [6, 6.07) is 2.06. The molecule has 1 rings (SSSR count). The monoisotopic (exact) mass is 234 g/mol. The average molecular weight is 234 g/mol. The summed E-state index contributed by atoms with van der Waals surface area (Å²) in [6.45, 7) is 3.79. The third kappa shape index (κ3) is 4.28. The highest BCUT2D eigenvalue weighted by atomic mass is 32.1. The van der Waals surface area contributed by atoms with Crippen LogP contribution in [0.25, 0.3) is 5.57 Å². The molecular formula is C13H14O2S. The highest BCUT2D eigenvalue weighted by molar-refractivity contribution is 7.08. The number of aliphatic carboxylic acids is 1. The minimum absolute atomic E-state index is 0.724. The van der Waals surface area contributed by atoms with E-state index in [4.69, 9.17) is 5.11 Å². The molecule has 2 nitrogen and oxygen atoms in total. The van der Waals surface area contributed by atoms with Gasteiger partial charge < -0.3 is 5.11 Å². The summed E-state index contributed by atoms with van der Waals surface area (Å²) in [6.07, 6.45) is 6.80. The Bertz CT molecular complexity index is 437. The molecule has 0 fully saturated rings. The van der Waals surface area contributed by atoms with Gasteiger partial charge in [0, 0.05) is 6.08 Å². The Morgan fingerprint density at radius 2 is 2.19 bits per heavy atom. The van der Waals surface area contributed by atoms with E-state index in [1.54, 1.807) is 24.3 Å². The van der Waals surface area contributed by atoms with Gasteiger partial charge in [-0.05, 0) is 47.4 Å². The molecule has 0 unspecified atom stereocenters. The number of allylic oxidation sites excluding steroid dienone is 5. The van der Waals surface area contributed by atoms with Gasteiger partial charge in [0.15, 0.2) is 0 Å². The second kappa shape index (κ2) is 6.08. The first-order valence-electron chi connectivity index (χ1n) is 4.88. The zero-order valence-electron chi connectivity index (χ0n) is 9.31. The first-order chi connectivity index (χ1) is 7.59. The maximum Gasteiger partial charge on any atom is 0.328 e. The summed E-state index contributed by atoms with van der Waals surface area (Å²) in [7, 11) is 0. The number of hydrogen-bond acceptors (Lipinski definition) is 2. The fourth-order valence-corrected chi connectivity index (χ4v) is 1.89. The third-order valence-corrected chi connectivity index (χ3v) is 2.72. The lowest BCUT2D eigenvalue weighted by atomic mass is 10.1. The highest BCUT2D eigenvalue weighted by Crippen LogP contribution is 2.16. The molecule has 0 aromatic carbocycles. The van der Waals surface area contributed by atoms with Crippen LogP contribution in [0.5, 0.6) is 0 Å². The van der Waals surface area contributed by atoms with Crippen molar-refractivity contribution in [3.05, 3.63) is 52.3 Å². The van der Waals surface area contributed by atoms with Gasteiger partial charge >= 0.3 is 5.97 Å². The molecule has 0 spiro atoms. The summed E-state index contributed by atoms with van der Waals surface area (Å²) in [5.74, 6) is -0.916. The Kier molecular flexibility index (Phi) is 4.73. The van der Waals surface area contributed by atoms with Gasteiger partial charge in [0.25, 0.3) is 0 Å². The van der Waals surface area contributed by atoms with Gasteiger partial charge in [-0.3, -0.25) is 0 Å². The van der Waals surface area contributed by atoms with Crippen molar-refractivity contribution in [1.29, 1.82) is 0 Å². The van der Waals surface area contributed by atoms with Gasteiger partial charge in [-0.2, -0.15) is 11.3 Å². The van der Waals surface area contributed by atoms with E-state index in [2.05, 4.69) is 11.4 Å². The predicted molar refractivity (Wildman–Crippen MR) is 68.5 cm³/mol. The molecule has 84 valence electrons. The predicted octanol–water partition coefficient (Wildman–Crippen LogP) is 3.74. The van der Waals surface area contributed by atoms with Gasteiger partial charge in [-0.25, -0.2) is 4.79 Å². The Morgan fingerprint density at radius 3 is 2.75 bits per heavy atom. The third-order valence-electron chi connectivity index (χ3n) is 2.03. The summed E-state index contributed by atoms with van der Waals surface area (Å²) >= 11 is 1.66. The molecule has 1 N–H and O–H groups in total. The smallest absolute Gasteiger partial charge is 0.328 e. The van der Waals surface area contributed by atoms with E-state index >= 15 is 0 Å². The molecule has 0 bridgehead atoms. The van der Waals surface area contributed by atoms with E-state index < -0.39 is 5.97 Å². The van der Waals surface area contributed by atoms with Crippen LogP contribution in [0.15, 0.2) is 46.7 Å². The van der Waals surface area contributed by atoms with Crippen molar-refractivity contribution in [1.82, 2.24) is 0 Å². The van der Waals surface area contributed by atoms with Crippen molar-refractivity contribution >= 4 is 22.9 Å². The molecule has 0 aliphatic carbocycles. The summed E-state index contributed by atoms with van der Waals surface area (Å²) in [5, 5.41) is 12.6. The number of thiophene rings is 1. The first kappa shape index (κ1) is 12.5. The lowest BCUT2D eigenvalue weighted by molar-refractivity contribution is -0.131. The summed E-state index contributed by atoms with van der Waals surface area (Å²) < 4.78 is 0. The van der Waals surface area contributed by atoms with Gasteiger partial charge in [-0.1, -0.05) is 18.2 Å². The molecule has 1 aromatic rings. The highest BCUT2D eigenvalue weighted by Gasteiger charge is 1.93. The van der Waals surface area contributed by atoms with Crippen LogP contribution >= 0.6 is 11.3 Å². The maximum atomic E-state index is 10.4. The lowest BCUT2D eigenvalue weighted by Crippen LogP contribution is -1.87. The molecule has 0 radical (unpaired) electrons. The molecule has 0 amide bonds. The fraction of sp³-hybridized carbons (Fsp3) is 0.154. The molecule has 0 aliphatic heterocycles. The van der Waals surface area contributed by atoms with Gasteiger partial charge in [0.05, 0.1) is 0 Å². The minimum Gasteiger partial charge on any atom is -0.478 e. The molecule has 0 aliphatic rings. The molecular weight excluding hydrogens is 220 g/mol. The zero-order valence-corrected chi connectivity index (χ0v) is 10.1. The van der Waals surface area contributed by atoms with E-state index in [9.17, 15) is 4.79 Å². The second-order valence-electron chi connectivity index (χ2n) is 3.45. The molecule has 16 heavy (non-hydrogen) atoms. The Labute approximate surface area is 99.2 Å². The number of rotatable bonds is 4. The van der Waals surface area contributed by atoms with Crippen LogP contribution in [0.2, 0.25) is 0 Å². The van der Waals surface area contributed by atoms with Gasteiger partial charge in [0.1, 0.15) is 0 Å². The molecule has 1 aromatic heterocycles. The Balaban J connectivity index is 2.66. The molecule has 3 heteroatoms. The average Bonchev–Trinajstić information content (AvgIpc) is 2.68. The van der Waals surface area contributed by atoms with Crippen molar-refractivity contribution in [2.24, 2.45) is 0 Å². The van der Waals surface area contributed by atoms with E-state index in [0.29, 0.717) is 0 Å². The Morgan fingerprint density at radius 1 is 1.44 bits per heavy atom. The normalized spacial score (nSPS) is 13.4. The summed E-state index contributed by atoms with van der Waals surface area (Å²) in [5.41, 5.74) is 3.09. The Hall–Kier alpha value is -1.61. The van der Waals surface area contributed by atoms with E-state index in [-0.39, 0.29) is 0 Å². The van der Waals surface area contributed by atoms with Crippen LogP contribution in [-0.4, -0.2) is 11.1 Å². The van der Waals surface area contributed by atoms with Crippen molar-refractivity contribution in [3.8, 4) is 0 Å². The maximum absolute atomic E-state index is 10.4. The number of carboxylic acids is 1. The molecule has 0 saturated carbocycles. The van der Waals surface area contributed by atoms with Crippen LogP contribution in [0.4, 0.5) is 0 Å². The van der Waals surface area contributed by atoms with Crippen LogP contribution in [0, 0.1) is 0 Å². The van der Waals surface area contributed by atoms with Crippen LogP contribution in [0.1, 0.15) is 19.4 Å². The standard InChI is InChI=1S/C13H14O2S/c1-10(8-13(14)15)4-3-5-11(2)12-6-7-16-9-12/h3-9H,1-2H3,(H,14,15)/b4-3+,10-8+,11-5-. The van der Waals surface area contributed by atoms with Crippen molar-refractivity contribution in [3.63, 3.8) is 0 Å². The number of carbonyl (C=O) groups is 1. The SMILES string of the molecule is C/C(=C/C=C/C(C)=C/C(=O)O)c1ccsc1. The van der Waals surface area contributed by atoms with Crippen LogP contribution in [0.3, 0.4) is 0 Å². The topological polar surface area (TPSA) is 37.3 Å². The summed E-state index contributed by atoms with van der Waals surface area (Å²) in [4.78, 5) is 10.4. The lowest BCUT2D eigenvalue weighted by Gasteiger charge is -1.93. The first-order valence-corrected chi connectivity index (χ1v) is 5.82. The minimum atomic E-state index is -0.916. The van der Waals surface area contributed by atoms with Crippen molar-refractivity contribution in [2.45, 2.75) is 13.8 Å². The van der Waals surface area contributed by atoms with Crippen LogP contribution in [-0.2, 0) is 4.79 Å². The van der Waals surface area contributed by atoms with E-state index in [1.165, 1.54) is 17.2 Å².